The molecule has 0 aromatic rings. The molecule has 1 heterocycles. The SMILES string of the molecule is CC1CCCC(C)N1C(=O)C(=O)N(C=O)CCCN. The molecule has 19 heavy (non-hydrogen) atoms. The molecule has 0 bridgehead atoms. The molecule has 3 amide bonds. The first-order valence-corrected chi connectivity index (χ1v) is 6.81. The minimum atomic E-state index is -0.746. The number of carbonyl (C=O) groups is 3. The van der Waals surface area contributed by atoms with Crippen molar-refractivity contribution in [2.24, 2.45) is 5.73 Å². The first-order chi connectivity index (χ1) is 9.02. The second kappa shape index (κ2) is 7.23. The molecule has 108 valence electrons. The Labute approximate surface area is 113 Å². The molecule has 1 rings (SSSR count). The molecule has 0 aromatic carbocycles. The fourth-order valence-electron chi connectivity index (χ4n) is 2.52. The molecule has 0 radical (unpaired) electrons. The Kier molecular flexibility index (Phi) is 5.95. The smallest absolute Gasteiger partial charge is 0.318 e. The molecule has 2 atom stereocenters. The standard InChI is InChI=1S/C13H23N3O3/c1-10-5-3-6-11(2)16(10)13(19)12(18)15(9-17)8-4-7-14/h9-11H,3-8,14H2,1-2H3. The number of imide groups is 1. The number of rotatable bonds is 4. The van der Waals surface area contributed by atoms with Crippen LogP contribution in [0.2, 0.25) is 0 Å². The predicted molar refractivity (Wildman–Crippen MR) is 71.1 cm³/mol. The summed E-state index contributed by atoms with van der Waals surface area (Å²) in [4.78, 5) is 37.7. The highest BCUT2D eigenvalue weighted by atomic mass is 16.2. The van der Waals surface area contributed by atoms with Gasteiger partial charge in [0.1, 0.15) is 0 Å². The monoisotopic (exact) mass is 269 g/mol. The second-order valence-corrected chi connectivity index (χ2v) is 5.09. The fraction of sp³-hybridized carbons (Fsp3) is 0.769. The lowest BCUT2D eigenvalue weighted by molar-refractivity contribution is -0.157. The second-order valence-electron chi connectivity index (χ2n) is 5.09. The molecular formula is C13H23N3O3. The Morgan fingerprint density at radius 1 is 1.32 bits per heavy atom. The van der Waals surface area contributed by atoms with Crippen LogP contribution in [-0.2, 0) is 14.4 Å². The van der Waals surface area contributed by atoms with Gasteiger partial charge in [0.05, 0.1) is 0 Å². The number of nitrogens with zero attached hydrogens (tertiary/aromatic N) is 2. The van der Waals surface area contributed by atoms with Gasteiger partial charge in [0.15, 0.2) is 0 Å². The third-order valence-electron chi connectivity index (χ3n) is 3.60. The van der Waals surface area contributed by atoms with Crippen LogP contribution >= 0.6 is 0 Å². The van der Waals surface area contributed by atoms with Crippen LogP contribution in [0.5, 0.6) is 0 Å². The average Bonchev–Trinajstić information content (AvgIpc) is 2.39. The molecule has 1 fully saturated rings. The maximum absolute atomic E-state index is 12.2. The van der Waals surface area contributed by atoms with E-state index in [1.807, 2.05) is 13.8 Å². The maximum atomic E-state index is 12.2. The zero-order chi connectivity index (χ0) is 14.4. The Balaban J connectivity index is 2.73. The number of amides is 3. The molecule has 1 aliphatic heterocycles. The molecule has 1 saturated heterocycles. The van der Waals surface area contributed by atoms with E-state index in [0.717, 1.165) is 24.2 Å². The van der Waals surface area contributed by atoms with Gasteiger partial charge in [-0.3, -0.25) is 19.3 Å². The summed E-state index contributed by atoms with van der Waals surface area (Å²) in [5.74, 6) is -1.33. The highest BCUT2D eigenvalue weighted by Crippen LogP contribution is 2.22. The molecule has 1 aliphatic rings. The minimum Gasteiger partial charge on any atom is -0.330 e. The summed E-state index contributed by atoms with van der Waals surface area (Å²) in [6.07, 6.45) is 3.77. The summed E-state index contributed by atoms with van der Waals surface area (Å²) in [6.45, 7) is 4.45. The number of carbonyl (C=O) groups excluding carboxylic acids is 3. The molecule has 0 aromatic heterocycles. The van der Waals surface area contributed by atoms with Gasteiger partial charge >= 0.3 is 11.8 Å². The van der Waals surface area contributed by atoms with Crippen LogP contribution in [0, 0.1) is 0 Å². The van der Waals surface area contributed by atoms with Crippen molar-refractivity contribution >= 4 is 18.2 Å². The Morgan fingerprint density at radius 2 is 1.89 bits per heavy atom. The van der Waals surface area contributed by atoms with Gasteiger partial charge in [-0.05, 0) is 46.1 Å². The molecule has 0 saturated carbocycles. The highest BCUT2D eigenvalue weighted by Gasteiger charge is 2.34. The van der Waals surface area contributed by atoms with Crippen molar-refractivity contribution in [1.29, 1.82) is 0 Å². The number of hydrogen-bond acceptors (Lipinski definition) is 4. The first kappa shape index (κ1) is 15.6. The van der Waals surface area contributed by atoms with Gasteiger partial charge in [-0.25, -0.2) is 0 Å². The van der Waals surface area contributed by atoms with Crippen molar-refractivity contribution in [1.82, 2.24) is 9.80 Å². The van der Waals surface area contributed by atoms with E-state index in [9.17, 15) is 14.4 Å². The van der Waals surface area contributed by atoms with E-state index in [0.29, 0.717) is 19.4 Å². The van der Waals surface area contributed by atoms with Gasteiger partial charge in [-0.2, -0.15) is 0 Å². The van der Waals surface area contributed by atoms with Crippen LogP contribution < -0.4 is 5.73 Å². The molecule has 6 nitrogen and oxygen atoms in total. The number of hydrogen-bond donors (Lipinski definition) is 1. The third-order valence-corrected chi connectivity index (χ3v) is 3.60. The Morgan fingerprint density at radius 3 is 2.37 bits per heavy atom. The minimum absolute atomic E-state index is 0.0446. The summed E-state index contributed by atoms with van der Waals surface area (Å²) < 4.78 is 0. The quantitative estimate of drug-likeness (QED) is 0.580. The van der Waals surface area contributed by atoms with E-state index >= 15 is 0 Å². The normalized spacial score (nSPS) is 23.0. The van der Waals surface area contributed by atoms with E-state index in [1.165, 1.54) is 0 Å². The van der Waals surface area contributed by atoms with E-state index in [-0.39, 0.29) is 18.6 Å². The molecule has 2 N–H and O–H groups in total. The van der Waals surface area contributed by atoms with Gasteiger partial charge < -0.3 is 10.6 Å². The van der Waals surface area contributed by atoms with Gasteiger partial charge in [0.2, 0.25) is 6.41 Å². The molecule has 0 spiro atoms. The van der Waals surface area contributed by atoms with Gasteiger partial charge in [-0.1, -0.05) is 0 Å². The van der Waals surface area contributed by atoms with Crippen LogP contribution in [-0.4, -0.2) is 53.2 Å². The van der Waals surface area contributed by atoms with Crippen molar-refractivity contribution in [3.8, 4) is 0 Å². The Hall–Kier alpha value is -1.43. The van der Waals surface area contributed by atoms with E-state index in [1.54, 1.807) is 4.90 Å². The van der Waals surface area contributed by atoms with Gasteiger partial charge in [0, 0.05) is 18.6 Å². The van der Waals surface area contributed by atoms with Crippen molar-refractivity contribution in [2.75, 3.05) is 13.1 Å². The van der Waals surface area contributed by atoms with Gasteiger partial charge in [-0.15, -0.1) is 0 Å². The largest absolute Gasteiger partial charge is 0.330 e. The summed E-state index contributed by atoms with van der Waals surface area (Å²) in [5, 5.41) is 0. The lowest BCUT2D eigenvalue weighted by Gasteiger charge is -2.38. The fourth-order valence-corrected chi connectivity index (χ4v) is 2.52. The number of piperidine rings is 1. The maximum Gasteiger partial charge on any atom is 0.318 e. The van der Waals surface area contributed by atoms with Crippen molar-refractivity contribution in [3.63, 3.8) is 0 Å². The zero-order valence-electron chi connectivity index (χ0n) is 11.7. The van der Waals surface area contributed by atoms with Crippen LogP contribution in [0.4, 0.5) is 0 Å². The summed E-state index contributed by atoms with van der Waals surface area (Å²) >= 11 is 0. The lowest BCUT2D eigenvalue weighted by atomic mass is 9.97. The highest BCUT2D eigenvalue weighted by molar-refractivity contribution is 6.36. The average molecular weight is 269 g/mol. The van der Waals surface area contributed by atoms with Crippen LogP contribution in [0.15, 0.2) is 0 Å². The van der Waals surface area contributed by atoms with Gasteiger partial charge in [0.25, 0.3) is 0 Å². The molecule has 0 aliphatic carbocycles. The third kappa shape index (κ3) is 3.76. The molecule has 2 unspecified atom stereocenters. The van der Waals surface area contributed by atoms with Crippen LogP contribution in [0.25, 0.3) is 0 Å². The number of likely N-dealkylation sites (tertiary alicyclic amines) is 1. The van der Waals surface area contributed by atoms with Crippen LogP contribution in [0.3, 0.4) is 0 Å². The van der Waals surface area contributed by atoms with Crippen molar-refractivity contribution in [3.05, 3.63) is 0 Å². The van der Waals surface area contributed by atoms with E-state index < -0.39 is 11.8 Å². The topological polar surface area (TPSA) is 83.7 Å². The lowest BCUT2D eigenvalue weighted by Crippen LogP contribution is -2.53. The van der Waals surface area contributed by atoms with E-state index in [4.69, 9.17) is 5.73 Å². The predicted octanol–water partition coefficient (Wildman–Crippen LogP) is 0.110. The summed E-state index contributed by atoms with van der Waals surface area (Å²) in [7, 11) is 0. The molecular weight excluding hydrogens is 246 g/mol. The Bertz CT molecular complexity index is 336. The number of nitrogens with two attached hydrogens (primary N) is 1. The summed E-state index contributed by atoms with van der Waals surface area (Å²) in [5.41, 5.74) is 5.35. The molecule has 6 heteroatoms. The summed E-state index contributed by atoms with van der Waals surface area (Å²) in [6, 6.07) is 0.0893. The van der Waals surface area contributed by atoms with Crippen molar-refractivity contribution < 1.29 is 14.4 Å². The van der Waals surface area contributed by atoms with Crippen molar-refractivity contribution in [2.45, 2.75) is 51.6 Å². The zero-order valence-corrected chi connectivity index (χ0v) is 11.7. The first-order valence-electron chi connectivity index (χ1n) is 6.81. The van der Waals surface area contributed by atoms with Crippen LogP contribution in [0.1, 0.15) is 39.5 Å². The van der Waals surface area contributed by atoms with E-state index in [2.05, 4.69) is 0 Å².